The van der Waals surface area contributed by atoms with E-state index in [1.165, 1.54) is 24.2 Å². The minimum atomic E-state index is -4.82. The first-order valence-electron chi connectivity index (χ1n) is 10.7. The molecule has 0 spiro atoms. The Morgan fingerprint density at radius 3 is 2.74 bits per heavy atom. The van der Waals surface area contributed by atoms with E-state index in [9.17, 15) is 22.4 Å². The molecule has 1 atom stereocenters. The molecule has 1 fully saturated rings. The first kappa shape index (κ1) is 22.9. The summed E-state index contributed by atoms with van der Waals surface area (Å²) in [4.78, 5) is 22.9. The smallest absolute Gasteiger partial charge is 0.370 e. The lowest BCUT2D eigenvalue weighted by molar-refractivity contribution is -0.140. The second-order valence-corrected chi connectivity index (χ2v) is 8.08. The average molecular weight is 489 g/mol. The van der Waals surface area contributed by atoms with Crippen LogP contribution in [0.3, 0.4) is 0 Å². The van der Waals surface area contributed by atoms with E-state index in [0.717, 1.165) is 6.07 Å². The summed E-state index contributed by atoms with van der Waals surface area (Å²) in [6.45, 7) is 3.74. The van der Waals surface area contributed by atoms with Crippen LogP contribution >= 0.6 is 0 Å². The van der Waals surface area contributed by atoms with Crippen LogP contribution in [0.1, 0.15) is 29.9 Å². The van der Waals surface area contributed by atoms with Gasteiger partial charge in [0.05, 0.1) is 29.3 Å². The predicted molar refractivity (Wildman–Crippen MR) is 117 cm³/mol. The van der Waals surface area contributed by atoms with Gasteiger partial charge < -0.3 is 15.0 Å². The van der Waals surface area contributed by atoms with Gasteiger partial charge >= 0.3 is 6.18 Å². The summed E-state index contributed by atoms with van der Waals surface area (Å²) in [7, 11) is 0. The number of nitrogens with one attached hydrogen (secondary N) is 1. The van der Waals surface area contributed by atoms with Crippen molar-refractivity contribution in [2.24, 2.45) is 0 Å². The summed E-state index contributed by atoms with van der Waals surface area (Å²) in [5.74, 6) is -0.991. The molecule has 0 saturated carbocycles. The Morgan fingerprint density at radius 1 is 1.20 bits per heavy atom. The van der Waals surface area contributed by atoms with Gasteiger partial charge in [0.25, 0.3) is 5.91 Å². The van der Waals surface area contributed by atoms with Gasteiger partial charge in [-0.15, -0.1) is 10.2 Å². The fourth-order valence-corrected chi connectivity index (χ4v) is 4.12. The number of aryl methyl sites for hydroxylation is 1. The molecule has 0 radical (unpaired) electrons. The molecule has 0 bridgehead atoms. The van der Waals surface area contributed by atoms with Gasteiger partial charge in [0.15, 0.2) is 11.3 Å². The number of halogens is 4. The van der Waals surface area contributed by atoms with E-state index < -0.39 is 23.6 Å². The van der Waals surface area contributed by atoms with Gasteiger partial charge in [-0.1, -0.05) is 12.1 Å². The van der Waals surface area contributed by atoms with E-state index in [1.807, 2.05) is 0 Å². The van der Waals surface area contributed by atoms with Crippen molar-refractivity contribution in [1.29, 1.82) is 0 Å². The Bertz CT molecular complexity index is 1450. The van der Waals surface area contributed by atoms with Gasteiger partial charge in [0.1, 0.15) is 30.4 Å². The molecule has 1 saturated heterocycles. The highest BCUT2D eigenvalue weighted by atomic mass is 19.4. The van der Waals surface area contributed by atoms with Crippen LogP contribution in [0, 0.1) is 12.7 Å². The largest absolute Gasteiger partial charge is 0.419 e. The van der Waals surface area contributed by atoms with Crippen molar-refractivity contribution in [3.63, 3.8) is 0 Å². The molecule has 1 amide bonds. The molecule has 0 unspecified atom stereocenters. The Kier molecular flexibility index (Phi) is 5.50. The number of benzene rings is 1. The Morgan fingerprint density at radius 2 is 2.00 bits per heavy atom. The van der Waals surface area contributed by atoms with E-state index in [2.05, 4.69) is 25.5 Å². The predicted octanol–water partition coefficient (Wildman–Crippen LogP) is 3.68. The summed E-state index contributed by atoms with van der Waals surface area (Å²) >= 11 is 0. The summed E-state index contributed by atoms with van der Waals surface area (Å²) in [5, 5.41) is 11.6. The molecule has 1 aliphatic rings. The highest BCUT2D eigenvalue weighted by Crippen LogP contribution is 2.36. The molecule has 4 aromatic rings. The number of alkyl halides is 3. The van der Waals surface area contributed by atoms with Gasteiger partial charge in [-0.05, 0) is 26.0 Å². The summed E-state index contributed by atoms with van der Waals surface area (Å²) in [6.07, 6.45) is -3.38. The Balaban J connectivity index is 1.63. The van der Waals surface area contributed by atoms with Gasteiger partial charge in [-0.25, -0.2) is 14.4 Å². The van der Waals surface area contributed by atoms with E-state index in [4.69, 9.17) is 4.74 Å². The fourth-order valence-electron chi connectivity index (χ4n) is 4.12. The highest BCUT2D eigenvalue weighted by molar-refractivity contribution is 6.02. The molecule has 5 rings (SSSR count). The van der Waals surface area contributed by atoms with Crippen LogP contribution in [0.5, 0.6) is 0 Å². The van der Waals surface area contributed by atoms with Gasteiger partial charge in [0.2, 0.25) is 0 Å². The van der Waals surface area contributed by atoms with E-state index in [-0.39, 0.29) is 23.9 Å². The molecule has 9 nitrogen and oxygen atoms in total. The first-order chi connectivity index (χ1) is 16.6. The SMILES string of the molecule is Cc1nc(N[C@H](C)c2cccc(C(F)(F)F)c2F)c2cc(N3CCOCC3=O)c3nncn3c2n1. The summed E-state index contributed by atoms with van der Waals surface area (Å²) in [6, 6.07) is 3.93. The molecule has 1 aliphatic heterocycles. The number of amides is 1. The zero-order chi connectivity index (χ0) is 24.9. The zero-order valence-electron chi connectivity index (χ0n) is 18.6. The van der Waals surface area contributed by atoms with E-state index in [0.29, 0.717) is 47.4 Å². The normalized spacial score (nSPS) is 15.7. The molecule has 1 aromatic carbocycles. The van der Waals surface area contributed by atoms with Crippen molar-refractivity contribution in [2.75, 3.05) is 30.0 Å². The number of hydrogen-bond donors (Lipinski definition) is 1. The number of fused-ring (bicyclic) bond motifs is 3. The maximum Gasteiger partial charge on any atom is 0.419 e. The van der Waals surface area contributed by atoms with Crippen LogP contribution in [0.2, 0.25) is 0 Å². The Labute approximate surface area is 195 Å². The average Bonchev–Trinajstić information content (AvgIpc) is 3.29. The lowest BCUT2D eigenvalue weighted by Crippen LogP contribution is -2.42. The van der Waals surface area contributed by atoms with Crippen LogP contribution < -0.4 is 10.2 Å². The lowest BCUT2D eigenvalue weighted by Gasteiger charge is -2.27. The number of hydrogen-bond acceptors (Lipinski definition) is 7. The molecule has 1 N–H and O–H groups in total. The molecular weight excluding hydrogens is 470 g/mol. The van der Waals surface area contributed by atoms with Crippen molar-refractivity contribution in [3.05, 3.63) is 53.4 Å². The number of carbonyl (C=O) groups excluding carboxylic acids is 1. The van der Waals surface area contributed by atoms with Crippen molar-refractivity contribution in [1.82, 2.24) is 24.6 Å². The highest BCUT2D eigenvalue weighted by Gasteiger charge is 2.35. The topological polar surface area (TPSA) is 97.5 Å². The summed E-state index contributed by atoms with van der Waals surface area (Å²) < 4.78 is 61.2. The van der Waals surface area contributed by atoms with Crippen LogP contribution in [0.25, 0.3) is 16.7 Å². The monoisotopic (exact) mass is 489 g/mol. The minimum absolute atomic E-state index is 0.0836. The lowest BCUT2D eigenvalue weighted by atomic mass is 10.0. The maximum atomic E-state index is 14.8. The molecular formula is C22H19F4N7O2. The van der Waals surface area contributed by atoms with E-state index in [1.54, 1.807) is 17.4 Å². The standard InChI is InChI=1S/C22H19F4N7O2/c1-11(13-4-3-5-15(18(13)23)22(24,25)26)28-19-14-8-16(32-6-7-35-9-17(32)34)21-31-27-10-33(21)20(14)30-12(2)29-19/h3-5,8,10-11H,6-7,9H2,1-2H3,(H,28,29,30)/t11-/m1/s1. The zero-order valence-corrected chi connectivity index (χ0v) is 18.6. The number of aromatic nitrogens is 5. The third kappa shape index (κ3) is 4.01. The van der Waals surface area contributed by atoms with E-state index >= 15 is 0 Å². The van der Waals surface area contributed by atoms with Crippen LogP contribution in [0.15, 0.2) is 30.6 Å². The second-order valence-electron chi connectivity index (χ2n) is 8.08. The number of anilines is 2. The van der Waals surface area contributed by atoms with Crippen molar-refractivity contribution < 1.29 is 27.1 Å². The fraction of sp³-hybridized carbons (Fsp3) is 0.318. The number of nitrogens with zero attached hydrogens (tertiary/aromatic N) is 6. The van der Waals surface area contributed by atoms with Crippen LogP contribution in [0.4, 0.5) is 29.1 Å². The minimum Gasteiger partial charge on any atom is -0.370 e. The van der Waals surface area contributed by atoms with Crippen molar-refractivity contribution in [3.8, 4) is 0 Å². The quantitative estimate of drug-likeness (QED) is 0.437. The van der Waals surface area contributed by atoms with Gasteiger partial charge in [-0.3, -0.25) is 9.20 Å². The second kappa shape index (κ2) is 8.41. The van der Waals surface area contributed by atoms with Gasteiger partial charge in [0, 0.05) is 12.1 Å². The molecule has 13 heteroatoms. The molecule has 3 aromatic heterocycles. The number of ether oxygens (including phenoxy) is 1. The van der Waals surface area contributed by atoms with Crippen molar-refractivity contribution >= 4 is 34.1 Å². The van der Waals surface area contributed by atoms with Gasteiger partial charge in [-0.2, -0.15) is 13.2 Å². The summed E-state index contributed by atoms with van der Waals surface area (Å²) in [5.41, 5.74) is -0.239. The Hall–Kier alpha value is -3.87. The molecule has 4 heterocycles. The van der Waals surface area contributed by atoms with Crippen LogP contribution in [-0.2, 0) is 15.7 Å². The van der Waals surface area contributed by atoms with Crippen LogP contribution in [-0.4, -0.2) is 50.2 Å². The maximum absolute atomic E-state index is 14.8. The third-order valence-corrected chi connectivity index (χ3v) is 5.75. The first-order valence-corrected chi connectivity index (χ1v) is 10.7. The number of morpholine rings is 1. The third-order valence-electron chi connectivity index (χ3n) is 5.75. The van der Waals surface area contributed by atoms with Crippen molar-refractivity contribution in [2.45, 2.75) is 26.1 Å². The molecule has 35 heavy (non-hydrogen) atoms. The number of carbonyl (C=O) groups is 1. The number of pyridine rings is 1. The molecule has 0 aliphatic carbocycles. The molecule has 182 valence electrons. The number of rotatable bonds is 4.